The molecule has 66 valence electrons. The molecule has 0 saturated carbocycles. The van der Waals surface area contributed by atoms with E-state index in [0.29, 0.717) is 5.56 Å². The Labute approximate surface area is 86.0 Å². The van der Waals surface area contributed by atoms with Crippen molar-refractivity contribution in [2.45, 2.75) is 0 Å². The molecule has 1 aliphatic heterocycles. The van der Waals surface area contributed by atoms with E-state index in [0.717, 1.165) is 17.2 Å². The number of aliphatic imine (C=N–C) groups is 1. The number of hydrogen-bond acceptors (Lipinski definition) is 3. The molecule has 0 aromatic heterocycles. The third-order valence-electron chi connectivity index (χ3n) is 2.40. The summed E-state index contributed by atoms with van der Waals surface area (Å²) in [5.74, 6) is 0.834. The van der Waals surface area contributed by atoms with Gasteiger partial charge in [-0.2, -0.15) is 5.26 Å². The summed E-state index contributed by atoms with van der Waals surface area (Å²) in [5, 5.41) is 8.77. The van der Waals surface area contributed by atoms with E-state index in [2.05, 4.69) is 17.1 Å². The summed E-state index contributed by atoms with van der Waals surface area (Å²) >= 11 is 1.76. The van der Waals surface area contributed by atoms with Gasteiger partial charge in [-0.15, -0.1) is 11.8 Å². The molecule has 14 heavy (non-hydrogen) atoms. The Morgan fingerprint density at radius 2 is 2.36 bits per heavy atom. The first-order valence-corrected chi connectivity index (χ1v) is 5.31. The summed E-state index contributed by atoms with van der Waals surface area (Å²) in [7, 11) is 0. The van der Waals surface area contributed by atoms with Gasteiger partial charge in [-0.1, -0.05) is 6.07 Å². The Morgan fingerprint density at radius 1 is 1.43 bits per heavy atom. The number of allylic oxidation sites excluding steroid dienone is 1. The second-order valence-electron chi connectivity index (χ2n) is 3.20. The van der Waals surface area contributed by atoms with Crippen LogP contribution in [0.1, 0.15) is 16.7 Å². The van der Waals surface area contributed by atoms with Gasteiger partial charge in [-0.25, -0.2) is 0 Å². The summed E-state index contributed by atoms with van der Waals surface area (Å²) in [4.78, 5) is 5.67. The van der Waals surface area contributed by atoms with E-state index in [1.165, 1.54) is 10.5 Å². The Bertz CT molecular complexity index is 521. The smallest absolute Gasteiger partial charge is 0.0991 e. The second-order valence-corrected chi connectivity index (χ2v) is 4.19. The van der Waals surface area contributed by atoms with Crippen LogP contribution in [-0.4, -0.2) is 11.6 Å². The van der Waals surface area contributed by atoms with E-state index in [-0.39, 0.29) is 0 Å². The van der Waals surface area contributed by atoms with Crippen molar-refractivity contribution in [2.75, 3.05) is 5.88 Å². The largest absolute Gasteiger partial charge is 0.272 e. The zero-order valence-electron chi connectivity index (χ0n) is 7.32. The summed E-state index contributed by atoms with van der Waals surface area (Å²) < 4.78 is 0. The maximum Gasteiger partial charge on any atom is 0.0991 e. The molecule has 2 aliphatic rings. The SMILES string of the molecule is N#Cc1ccc2c(c1)C=C1SCN=C12. The number of thioether (sulfide) groups is 1. The zero-order valence-corrected chi connectivity index (χ0v) is 8.14. The maximum absolute atomic E-state index is 8.77. The first-order chi connectivity index (χ1) is 6.88. The molecule has 1 aliphatic carbocycles. The summed E-state index contributed by atoms with van der Waals surface area (Å²) in [6, 6.07) is 7.90. The van der Waals surface area contributed by atoms with Crippen molar-refractivity contribution in [2.24, 2.45) is 4.99 Å². The van der Waals surface area contributed by atoms with Crippen molar-refractivity contribution in [1.29, 1.82) is 5.26 Å². The lowest BCUT2D eigenvalue weighted by Gasteiger charge is -1.98. The van der Waals surface area contributed by atoms with E-state index in [9.17, 15) is 0 Å². The molecule has 3 rings (SSSR count). The summed E-state index contributed by atoms with van der Waals surface area (Å²) in [6.07, 6.45) is 2.12. The fourth-order valence-electron chi connectivity index (χ4n) is 1.75. The first-order valence-electron chi connectivity index (χ1n) is 4.32. The number of rotatable bonds is 0. The van der Waals surface area contributed by atoms with Crippen molar-refractivity contribution in [1.82, 2.24) is 0 Å². The van der Waals surface area contributed by atoms with Gasteiger partial charge >= 0.3 is 0 Å². The van der Waals surface area contributed by atoms with E-state index in [4.69, 9.17) is 5.26 Å². The third kappa shape index (κ3) is 0.948. The summed E-state index contributed by atoms with van der Waals surface area (Å²) in [5.41, 5.74) is 4.12. The molecule has 0 unspecified atom stereocenters. The molecule has 0 fully saturated rings. The lowest BCUT2D eigenvalue weighted by molar-refractivity contribution is 1.40. The average molecular weight is 198 g/mol. The van der Waals surface area contributed by atoms with Crippen LogP contribution in [-0.2, 0) is 0 Å². The van der Waals surface area contributed by atoms with E-state index in [1.54, 1.807) is 11.8 Å². The first kappa shape index (κ1) is 7.84. The molecular formula is C11H6N2S. The van der Waals surface area contributed by atoms with Gasteiger partial charge in [-0.3, -0.25) is 4.99 Å². The molecule has 3 heteroatoms. The minimum absolute atomic E-state index is 0.714. The lowest BCUT2D eigenvalue weighted by atomic mass is 10.1. The Hall–Kier alpha value is -1.53. The number of nitriles is 1. The molecule has 0 spiro atoms. The van der Waals surface area contributed by atoms with Gasteiger partial charge in [0.05, 0.1) is 23.2 Å². The van der Waals surface area contributed by atoms with E-state index >= 15 is 0 Å². The van der Waals surface area contributed by atoms with Gasteiger partial charge in [0, 0.05) is 10.5 Å². The predicted octanol–water partition coefficient (Wildman–Crippen LogP) is 2.41. The molecule has 0 radical (unpaired) electrons. The van der Waals surface area contributed by atoms with Crippen LogP contribution in [0.25, 0.3) is 6.08 Å². The van der Waals surface area contributed by atoms with Crippen LogP contribution in [0, 0.1) is 11.3 Å². The third-order valence-corrected chi connectivity index (χ3v) is 3.28. The van der Waals surface area contributed by atoms with Crippen LogP contribution in [0.2, 0.25) is 0 Å². The van der Waals surface area contributed by atoms with Gasteiger partial charge in [0.1, 0.15) is 0 Å². The number of fused-ring (bicyclic) bond motifs is 3. The zero-order chi connectivity index (χ0) is 9.54. The van der Waals surface area contributed by atoms with E-state index < -0.39 is 0 Å². The highest BCUT2D eigenvalue weighted by Gasteiger charge is 2.24. The highest BCUT2D eigenvalue weighted by Crippen LogP contribution is 2.37. The minimum atomic E-state index is 0.714. The van der Waals surface area contributed by atoms with Crippen molar-refractivity contribution >= 4 is 23.5 Å². The topological polar surface area (TPSA) is 36.1 Å². The average Bonchev–Trinajstić information content (AvgIpc) is 2.75. The van der Waals surface area contributed by atoms with Gasteiger partial charge in [-0.05, 0) is 23.8 Å². The maximum atomic E-state index is 8.77. The molecule has 1 aromatic carbocycles. The minimum Gasteiger partial charge on any atom is -0.272 e. The Balaban J connectivity index is 2.22. The standard InChI is InChI=1S/C11H6N2S/c12-5-7-1-2-9-8(3-7)4-10-11(9)13-6-14-10/h1-4H,6H2. The van der Waals surface area contributed by atoms with Gasteiger partial charge in [0.15, 0.2) is 0 Å². The second kappa shape index (κ2) is 2.73. The quantitative estimate of drug-likeness (QED) is 0.641. The highest BCUT2D eigenvalue weighted by molar-refractivity contribution is 8.04. The van der Waals surface area contributed by atoms with Crippen LogP contribution < -0.4 is 0 Å². The number of hydrogen-bond donors (Lipinski definition) is 0. The van der Waals surface area contributed by atoms with E-state index in [1.807, 2.05) is 18.2 Å². The number of nitrogens with zero attached hydrogens (tertiary/aromatic N) is 2. The van der Waals surface area contributed by atoms with Crippen molar-refractivity contribution in [3.8, 4) is 6.07 Å². The van der Waals surface area contributed by atoms with Crippen molar-refractivity contribution in [3.05, 3.63) is 39.8 Å². The molecule has 1 heterocycles. The van der Waals surface area contributed by atoms with Crippen LogP contribution >= 0.6 is 11.8 Å². The lowest BCUT2D eigenvalue weighted by Crippen LogP contribution is -1.94. The Morgan fingerprint density at radius 3 is 3.21 bits per heavy atom. The van der Waals surface area contributed by atoms with Crippen molar-refractivity contribution < 1.29 is 0 Å². The van der Waals surface area contributed by atoms with Crippen LogP contribution in [0.15, 0.2) is 28.1 Å². The summed E-state index contributed by atoms with van der Waals surface area (Å²) in [6.45, 7) is 0. The monoisotopic (exact) mass is 198 g/mol. The fourth-order valence-corrected chi connectivity index (χ4v) is 2.60. The molecule has 1 aromatic rings. The van der Waals surface area contributed by atoms with Crippen LogP contribution in [0.4, 0.5) is 0 Å². The normalized spacial score (nSPS) is 16.8. The number of benzene rings is 1. The fraction of sp³-hybridized carbons (Fsp3) is 0.0909. The highest BCUT2D eigenvalue weighted by atomic mass is 32.2. The molecule has 0 saturated heterocycles. The molecule has 0 amide bonds. The van der Waals surface area contributed by atoms with Gasteiger partial charge < -0.3 is 0 Å². The predicted molar refractivity (Wildman–Crippen MR) is 58.1 cm³/mol. The van der Waals surface area contributed by atoms with Gasteiger partial charge in [0.25, 0.3) is 0 Å². The van der Waals surface area contributed by atoms with Crippen molar-refractivity contribution in [3.63, 3.8) is 0 Å². The van der Waals surface area contributed by atoms with Gasteiger partial charge in [0.2, 0.25) is 0 Å². The molecule has 0 bridgehead atoms. The van der Waals surface area contributed by atoms with Crippen LogP contribution in [0.3, 0.4) is 0 Å². The van der Waals surface area contributed by atoms with Crippen LogP contribution in [0.5, 0.6) is 0 Å². The Kier molecular flexibility index (Phi) is 1.53. The molecule has 2 nitrogen and oxygen atoms in total. The molecular weight excluding hydrogens is 192 g/mol. The molecule has 0 N–H and O–H groups in total. The molecule has 0 atom stereocenters.